The summed E-state index contributed by atoms with van der Waals surface area (Å²) in [7, 11) is 1.56. The van der Waals surface area contributed by atoms with E-state index in [1.54, 1.807) is 25.3 Å². The maximum Gasteiger partial charge on any atom is 0.221 e. The van der Waals surface area contributed by atoms with Crippen molar-refractivity contribution in [1.29, 1.82) is 0 Å². The van der Waals surface area contributed by atoms with Crippen LogP contribution in [-0.4, -0.2) is 30.7 Å². The van der Waals surface area contributed by atoms with Crippen LogP contribution in [0.15, 0.2) is 18.2 Å². The number of carbonyl (C=O) groups is 1. The fraction of sp³-hybridized carbons (Fsp3) is 0.500. The van der Waals surface area contributed by atoms with Crippen molar-refractivity contribution in [1.82, 2.24) is 5.32 Å². The minimum atomic E-state index is -0.689. The molecule has 0 fully saturated rings. The molecule has 0 saturated heterocycles. The topological polar surface area (TPSA) is 70.6 Å². The molecule has 19 heavy (non-hydrogen) atoms. The number of methoxy groups -OCH3 is 1. The first kappa shape index (κ1) is 15.5. The number of aliphatic hydroxyl groups is 1. The zero-order valence-electron chi connectivity index (χ0n) is 11.9. The summed E-state index contributed by atoms with van der Waals surface area (Å²) in [6.07, 6.45) is -0.689. The van der Waals surface area contributed by atoms with Gasteiger partial charge in [-0.2, -0.15) is 0 Å². The van der Waals surface area contributed by atoms with Gasteiger partial charge < -0.3 is 20.5 Å². The van der Waals surface area contributed by atoms with E-state index in [1.807, 2.05) is 13.8 Å². The third kappa shape index (κ3) is 4.89. The predicted octanol–water partition coefficient (Wildman–Crippen LogP) is 1.68. The highest BCUT2D eigenvalue weighted by Crippen LogP contribution is 2.28. The van der Waals surface area contributed by atoms with E-state index in [-0.39, 0.29) is 5.91 Å². The van der Waals surface area contributed by atoms with Crippen LogP contribution in [0, 0.1) is 0 Å². The molecule has 1 unspecified atom stereocenters. The summed E-state index contributed by atoms with van der Waals surface area (Å²) in [5.74, 6) is 0.457. The van der Waals surface area contributed by atoms with Crippen LogP contribution in [-0.2, 0) is 4.79 Å². The van der Waals surface area contributed by atoms with E-state index in [0.29, 0.717) is 29.6 Å². The highest BCUT2D eigenvalue weighted by atomic mass is 16.5. The number of hydrogen-bond acceptors (Lipinski definition) is 4. The number of ether oxygens (including phenoxy) is 1. The zero-order valence-corrected chi connectivity index (χ0v) is 11.9. The Bertz CT molecular complexity index is 433. The standard InChI is InChI=1S/C14H22N2O3/c1-9(2)15-8-13(18)12-7-11(16-10(3)17)5-6-14(12)19-4/h5-7,9,13,15,18H,8H2,1-4H3,(H,16,17). The van der Waals surface area contributed by atoms with E-state index in [4.69, 9.17) is 4.74 Å². The van der Waals surface area contributed by atoms with E-state index in [1.165, 1.54) is 6.92 Å². The van der Waals surface area contributed by atoms with Gasteiger partial charge in [-0.3, -0.25) is 4.79 Å². The van der Waals surface area contributed by atoms with Gasteiger partial charge in [0.05, 0.1) is 13.2 Å². The Morgan fingerprint density at radius 1 is 1.42 bits per heavy atom. The Balaban J connectivity index is 2.91. The van der Waals surface area contributed by atoms with Crippen molar-refractivity contribution in [3.05, 3.63) is 23.8 Å². The van der Waals surface area contributed by atoms with Gasteiger partial charge in [-0.15, -0.1) is 0 Å². The lowest BCUT2D eigenvalue weighted by Gasteiger charge is -2.18. The highest BCUT2D eigenvalue weighted by molar-refractivity contribution is 5.88. The second-order valence-corrected chi connectivity index (χ2v) is 4.72. The van der Waals surface area contributed by atoms with E-state index in [2.05, 4.69) is 10.6 Å². The Morgan fingerprint density at radius 3 is 2.63 bits per heavy atom. The molecule has 5 heteroatoms. The van der Waals surface area contributed by atoms with Crippen LogP contribution in [0.3, 0.4) is 0 Å². The minimum Gasteiger partial charge on any atom is -0.496 e. The van der Waals surface area contributed by atoms with Crippen LogP contribution in [0.25, 0.3) is 0 Å². The number of amides is 1. The zero-order chi connectivity index (χ0) is 14.4. The second-order valence-electron chi connectivity index (χ2n) is 4.72. The molecule has 5 nitrogen and oxygen atoms in total. The fourth-order valence-corrected chi connectivity index (χ4v) is 1.73. The molecule has 0 spiro atoms. The molecule has 106 valence electrons. The summed E-state index contributed by atoms with van der Waals surface area (Å²) in [6, 6.07) is 5.50. The van der Waals surface area contributed by atoms with Crippen LogP contribution >= 0.6 is 0 Å². The summed E-state index contributed by atoms with van der Waals surface area (Å²) in [4.78, 5) is 11.0. The van der Waals surface area contributed by atoms with E-state index in [0.717, 1.165) is 0 Å². The molecule has 1 aromatic carbocycles. The number of nitrogens with one attached hydrogen (secondary N) is 2. The van der Waals surface area contributed by atoms with Gasteiger partial charge in [0.2, 0.25) is 5.91 Å². The first-order chi connectivity index (χ1) is 8.93. The quantitative estimate of drug-likeness (QED) is 0.732. The summed E-state index contributed by atoms with van der Waals surface area (Å²) < 4.78 is 5.23. The van der Waals surface area contributed by atoms with Crippen LogP contribution in [0.5, 0.6) is 5.75 Å². The van der Waals surface area contributed by atoms with Gasteiger partial charge in [-0.25, -0.2) is 0 Å². The molecule has 0 radical (unpaired) electrons. The van der Waals surface area contributed by atoms with Gasteiger partial charge in [0.25, 0.3) is 0 Å². The van der Waals surface area contributed by atoms with Gasteiger partial charge in [0, 0.05) is 30.8 Å². The third-order valence-electron chi connectivity index (χ3n) is 2.63. The van der Waals surface area contributed by atoms with Gasteiger partial charge in [0.1, 0.15) is 5.75 Å². The molecule has 1 aromatic rings. The molecule has 0 aliphatic rings. The molecule has 0 aliphatic carbocycles. The molecule has 1 atom stereocenters. The highest BCUT2D eigenvalue weighted by Gasteiger charge is 2.14. The van der Waals surface area contributed by atoms with E-state index >= 15 is 0 Å². The van der Waals surface area contributed by atoms with Crippen molar-refractivity contribution >= 4 is 11.6 Å². The van der Waals surface area contributed by atoms with Crippen molar-refractivity contribution in [2.75, 3.05) is 19.0 Å². The maximum absolute atomic E-state index is 11.0. The number of anilines is 1. The molecule has 3 N–H and O–H groups in total. The van der Waals surface area contributed by atoms with Gasteiger partial charge in [0.15, 0.2) is 0 Å². The molecule has 0 saturated carbocycles. The van der Waals surface area contributed by atoms with Gasteiger partial charge in [-0.05, 0) is 18.2 Å². The molecule has 0 bridgehead atoms. The monoisotopic (exact) mass is 266 g/mol. The van der Waals surface area contributed by atoms with E-state index < -0.39 is 6.10 Å². The van der Waals surface area contributed by atoms with Gasteiger partial charge in [-0.1, -0.05) is 13.8 Å². The molecule has 1 amide bonds. The number of benzene rings is 1. The summed E-state index contributed by atoms with van der Waals surface area (Å²) in [5, 5.41) is 16.0. The van der Waals surface area contributed by atoms with Crippen LogP contribution in [0.4, 0.5) is 5.69 Å². The van der Waals surface area contributed by atoms with E-state index in [9.17, 15) is 9.90 Å². The summed E-state index contributed by atoms with van der Waals surface area (Å²) in [5.41, 5.74) is 1.30. The average molecular weight is 266 g/mol. The molecule has 0 aliphatic heterocycles. The summed E-state index contributed by atoms with van der Waals surface area (Å²) in [6.45, 7) is 5.90. The lowest BCUT2D eigenvalue weighted by Crippen LogP contribution is -2.28. The van der Waals surface area contributed by atoms with Crippen molar-refractivity contribution < 1.29 is 14.6 Å². The Morgan fingerprint density at radius 2 is 2.11 bits per heavy atom. The largest absolute Gasteiger partial charge is 0.496 e. The Labute approximate surface area is 114 Å². The first-order valence-electron chi connectivity index (χ1n) is 6.31. The normalized spacial score (nSPS) is 12.3. The predicted molar refractivity (Wildman–Crippen MR) is 75.4 cm³/mol. The number of carbonyl (C=O) groups excluding carboxylic acids is 1. The Hall–Kier alpha value is -1.59. The smallest absolute Gasteiger partial charge is 0.221 e. The van der Waals surface area contributed by atoms with Crippen LogP contribution in [0.2, 0.25) is 0 Å². The molecule has 0 aromatic heterocycles. The lowest BCUT2D eigenvalue weighted by atomic mass is 10.1. The van der Waals surface area contributed by atoms with Crippen LogP contribution in [0.1, 0.15) is 32.4 Å². The van der Waals surface area contributed by atoms with Gasteiger partial charge >= 0.3 is 0 Å². The molecule has 1 rings (SSSR count). The third-order valence-corrected chi connectivity index (χ3v) is 2.63. The fourth-order valence-electron chi connectivity index (χ4n) is 1.73. The minimum absolute atomic E-state index is 0.147. The van der Waals surface area contributed by atoms with Crippen LogP contribution < -0.4 is 15.4 Å². The number of aliphatic hydroxyl groups excluding tert-OH is 1. The van der Waals surface area contributed by atoms with Crippen molar-refractivity contribution in [3.63, 3.8) is 0 Å². The number of rotatable bonds is 6. The molecule has 0 heterocycles. The summed E-state index contributed by atoms with van der Waals surface area (Å²) >= 11 is 0. The molecular formula is C14H22N2O3. The number of hydrogen-bond donors (Lipinski definition) is 3. The SMILES string of the molecule is COc1ccc(NC(C)=O)cc1C(O)CNC(C)C. The van der Waals surface area contributed by atoms with Crippen molar-refractivity contribution in [2.45, 2.75) is 32.9 Å². The van der Waals surface area contributed by atoms with Crippen molar-refractivity contribution in [3.8, 4) is 5.75 Å². The molecular weight excluding hydrogens is 244 g/mol. The lowest BCUT2D eigenvalue weighted by molar-refractivity contribution is -0.114. The Kier molecular flexibility index (Phi) is 5.79. The van der Waals surface area contributed by atoms with Crippen molar-refractivity contribution in [2.24, 2.45) is 0 Å². The maximum atomic E-state index is 11.0. The second kappa shape index (κ2) is 7.11. The average Bonchev–Trinajstić information content (AvgIpc) is 2.35. The first-order valence-corrected chi connectivity index (χ1v) is 6.31.